The average molecular weight is 409 g/mol. The number of carboxylic acid groups (broad SMARTS) is 1. The second-order valence-electron chi connectivity index (χ2n) is 6.03. The van der Waals surface area contributed by atoms with Crippen LogP contribution in [0, 0.1) is 5.82 Å². The highest BCUT2D eigenvalue weighted by Crippen LogP contribution is 2.17. The fourth-order valence-electron chi connectivity index (χ4n) is 2.28. The van der Waals surface area contributed by atoms with Crippen LogP contribution in [0.2, 0.25) is 0 Å². The normalized spacial score (nSPS) is 12.2. The third kappa shape index (κ3) is 7.01. The van der Waals surface area contributed by atoms with Crippen LogP contribution in [0.1, 0.15) is 18.1 Å². The van der Waals surface area contributed by atoms with E-state index in [1.54, 1.807) is 31.2 Å². The van der Waals surface area contributed by atoms with Crippen molar-refractivity contribution in [3.05, 3.63) is 76.7 Å². The number of hydrogen-bond acceptors (Lipinski definition) is 6. The van der Waals surface area contributed by atoms with Crippen molar-refractivity contribution in [2.45, 2.75) is 20.0 Å². The van der Waals surface area contributed by atoms with Gasteiger partial charge in [0.15, 0.2) is 0 Å². The third-order valence-corrected chi connectivity index (χ3v) is 4.14. The summed E-state index contributed by atoms with van der Waals surface area (Å²) in [5, 5.41) is 9.46. The minimum atomic E-state index is -3.63. The van der Waals surface area contributed by atoms with Gasteiger partial charge in [0, 0.05) is 12.1 Å². The molecular weight excluding hydrogens is 389 g/mol. The zero-order valence-corrected chi connectivity index (χ0v) is 16.1. The number of hydrogen-bond donors (Lipinski definition) is 2. The molecule has 2 aromatic carbocycles. The fourth-order valence-corrected chi connectivity index (χ4v) is 2.74. The van der Waals surface area contributed by atoms with E-state index >= 15 is 0 Å². The lowest BCUT2D eigenvalue weighted by Gasteiger charge is -2.12. The van der Waals surface area contributed by atoms with Crippen molar-refractivity contribution < 1.29 is 31.7 Å². The molecule has 2 N–H and O–H groups in total. The first-order valence-corrected chi connectivity index (χ1v) is 9.99. The van der Waals surface area contributed by atoms with Crippen LogP contribution >= 0.6 is 0 Å². The quantitative estimate of drug-likeness (QED) is 0.373. The molecule has 0 aliphatic rings. The van der Waals surface area contributed by atoms with Gasteiger partial charge in [-0.3, -0.25) is 10.3 Å². The van der Waals surface area contributed by atoms with Crippen LogP contribution in [0.4, 0.5) is 4.39 Å². The molecule has 0 aliphatic heterocycles. The zero-order valence-electron chi connectivity index (χ0n) is 15.3. The Labute approximate surface area is 162 Å². The topological polar surface area (TPSA) is 102 Å². The van der Waals surface area contributed by atoms with Crippen LogP contribution in [0.3, 0.4) is 0 Å². The number of hydroxylamine groups is 1. The van der Waals surface area contributed by atoms with Gasteiger partial charge in [0.1, 0.15) is 11.6 Å². The minimum Gasteiger partial charge on any atom is -0.478 e. The standard InChI is InChI=1S/C19H20FNO6S/c1-13(21-26-12-15-3-7-16(20)8-4-15)18(19(22)23)11-14-5-9-17(10-6-14)27-28(2,24)25/h3-10,21H,11-12H2,1-2H3,(H,22,23). The summed E-state index contributed by atoms with van der Waals surface area (Å²) in [6.45, 7) is 1.69. The highest BCUT2D eigenvalue weighted by Gasteiger charge is 2.13. The second kappa shape index (κ2) is 9.34. The highest BCUT2D eigenvalue weighted by atomic mass is 32.2. The highest BCUT2D eigenvalue weighted by molar-refractivity contribution is 7.86. The maximum atomic E-state index is 12.9. The van der Waals surface area contributed by atoms with Crippen molar-refractivity contribution in [2.75, 3.05) is 6.26 Å². The molecule has 0 saturated heterocycles. The molecule has 0 spiro atoms. The molecule has 2 aromatic rings. The molecule has 0 bridgehead atoms. The summed E-state index contributed by atoms with van der Waals surface area (Å²) in [6.07, 6.45) is 1.03. The molecule has 0 amide bonds. The smallest absolute Gasteiger partial charge is 0.333 e. The third-order valence-electron chi connectivity index (χ3n) is 3.64. The van der Waals surface area contributed by atoms with Crippen molar-refractivity contribution in [3.63, 3.8) is 0 Å². The van der Waals surface area contributed by atoms with Gasteiger partial charge in [-0.1, -0.05) is 24.3 Å². The summed E-state index contributed by atoms with van der Waals surface area (Å²) in [5.41, 5.74) is 4.35. The van der Waals surface area contributed by atoms with E-state index in [1.807, 2.05) is 0 Å². The monoisotopic (exact) mass is 409 g/mol. The molecule has 0 radical (unpaired) electrons. The molecule has 28 heavy (non-hydrogen) atoms. The van der Waals surface area contributed by atoms with Crippen LogP contribution in [-0.2, 0) is 32.8 Å². The van der Waals surface area contributed by atoms with E-state index in [0.29, 0.717) is 11.3 Å². The number of allylic oxidation sites excluding steroid dienone is 1. The van der Waals surface area contributed by atoms with Crippen LogP contribution in [0.5, 0.6) is 5.75 Å². The number of rotatable bonds is 9. The summed E-state index contributed by atoms with van der Waals surface area (Å²) in [7, 11) is -3.63. The SMILES string of the molecule is CC(NOCc1ccc(F)cc1)=C(Cc1ccc(OS(C)(=O)=O)cc1)C(=O)O. The molecule has 7 nitrogen and oxygen atoms in total. The van der Waals surface area contributed by atoms with Gasteiger partial charge < -0.3 is 9.29 Å². The van der Waals surface area contributed by atoms with E-state index < -0.39 is 16.1 Å². The first-order valence-electron chi connectivity index (χ1n) is 8.18. The van der Waals surface area contributed by atoms with Gasteiger partial charge in [-0.05, 0) is 42.3 Å². The molecule has 0 fully saturated rings. The van der Waals surface area contributed by atoms with Gasteiger partial charge in [-0.2, -0.15) is 8.42 Å². The summed E-state index contributed by atoms with van der Waals surface area (Å²) >= 11 is 0. The Morgan fingerprint density at radius 3 is 2.18 bits per heavy atom. The van der Waals surface area contributed by atoms with Crippen LogP contribution in [0.25, 0.3) is 0 Å². The maximum absolute atomic E-state index is 12.9. The Morgan fingerprint density at radius 1 is 1.07 bits per heavy atom. The molecule has 150 valence electrons. The summed E-state index contributed by atoms with van der Waals surface area (Å²) in [5.74, 6) is -1.33. The molecule has 0 saturated carbocycles. The van der Waals surface area contributed by atoms with E-state index in [4.69, 9.17) is 9.02 Å². The molecule has 2 rings (SSSR count). The predicted molar refractivity (Wildman–Crippen MR) is 100 cm³/mol. The predicted octanol–water partition coefficient (Wildman–Crippen LogP) is 2.79. The van der Waals surface area contributed by atoms with E-state index in [0.717, 1.165) is 11.8 Å². The van der Waals surface area contributed by atoms with Gasteiger partial charge in [0.05, 0.1) is 18.4 Å². The second-order valence-corrected chi connectivity index (χ2v) is 7.61. The van der Waals surface area contributed by atoms with Crippen LogP contribution in [-0.4, -0.2) is 25.7 Å². The Balaban J connectivity index is 2.02. The lowest BCUT2D eigenvalue weighted by atomic mass is 10.0. The lowest BCUT2D eigenvalue weighted by molar-refractivity contribution is -0.133. The molecule has 9 heteroatoms. The van der Waals surface area contributed by atoms with Crippen molar-refractivity contribution in [3.8, 4) is 5.75 Å². The zero-order chi connectivity index (χ0) is 20.7. The van der Waals surface area contributed by atoms with E-state index in [1.165, 1.54) is 24.3 Å². The van der Waals surface area contributed by atoms with Gasteiger partial charge in [-0.25, -0.2) is 9.18 Å². The average Bonchev–Trinajstić information content (AvgIpc) is 2.61. The number of halogens is 1. The van der Waals surface area contributed by atoms with Gasteiger partial charge >= 0.3 is 16.1 Å². The Morgan fingerprint density at radius 2 is 1.64 bits per heavy atom. The maximum Gasteiger partial charge on any atom is 0.333 e. The summed E-state index contributed by atoms with van der Waals surface area (Å²) in [4.78, 5) is 16.9. The van der Waals surface area contributed by atoms with Crippen molar-refractivity contribution in [2.24, 2.45) is 0 Å². The minimum absolute atomic E-state index is 0.0795. The van der Waals surface area contributed by atoms with Gasteiger partial charge in [0.25, 0.3) is 0 Å². The lowest BCUT2D eigenvalue weighted by Crippen LogP contribution is -2.18. The first-order chi connectivity index (χ1) is 13.1. The van der Waals surface area contributed by atoms with Crippen molar-refractivity contribution in [1.82, 2.24) is 5.48 Å². The number of carbonyl (C=O) groups is 1. The Kier molecular flexibility index (Phi) is 7.13. The fraction of sp³-hybridized carbons (Fsp3) is 0.211. The number of benzene rings is 2. The number of carboxylic acids is 1. The van der Waals surface area contributed by atoms with Crippen molar-refractivity contribution >= 4 is 16.1 Å². The summed E-state index contributed by atoms with van der Waals surface area (Å²) < 4.78 is 39.9. The number of aliphatic carboxylic acids is 1. The van der Waals surface area contributed by atoms with Crippen LogP contribution in [0.15, 0.2) is 59.8 Å². The first kappa shape index (κ1) is 21.4. The molecule has 0 aliphatic carbocycles. The molecular formula is C19H20FNO6S. The molecule has 0 aromatic heterocycles. The molecule has 0 atom stereocenters. The van der Waals surface area contributed by atoms with Gasteiger partial charge in [0.2, 0.25) is 0 Å². The molecule has 0 unspecified atom stereocenters. The molecule has 0 heterocycles. The van der Waals surface area contributed by atoms with E-state index in [-0.39, 0.29) is 30.2 Å². The Hall–Kier alpha value is -2.91. The van der Waals surface area contributed by atoms with Gasteiger partial charge in [-0.15, -0.1) is 0 Å². The van der Waals surface area contributed by atoms with E-state index in [9.17, 15) is 22.7 Å². The Bertz CT molecular complexity index is 953. The number of nitrogens with one attached hydrogen (secondary N) is 1. The van der Waals surface area contributed by atoms with Crippen LogP contribution < -0.4 is 9.66 Å². The summed E-state index contributed by atoms with van der Waals surface area (Å²) in [6, 6.07) is 11.8. The largest absolute Gasteiger partial charge is 0.478 e. The van der Waals surface area contributed by atoms with Crippen molar-refractivity contribution in [1.29, 1.82) is 0 Å². The van der Waals surface area contributed by atoms with E-state index in [2.05, 4.69) is 5.48 Å².